The summed E-state index contributed by atoms with van der Waals surface area (Å²) < 4.78 is 0.987. The number of hydrogen-bond acceptors (Lipinski definition) is 2. The molecule has 0 bridgehead atoms. The first-order valence-electron chi connectivity index (χ1n) is 5.35. The number of nitrogens with zero attached hydrogens (tertiary/aromatic N) is 1. The molecule has 1 atom stereocenters. The lowest BCUT2D eigenvalue weighted by Gasteiger charge is -2.00. The number of carbonyl (C=O) groups excluding carboxylic acids is 1. The van der Waals surface area contributed by atoms with Crippen molar-refractivity contribution in [3.63, 3.8) is 0 Å². The fraction of sp³-hybridized carbons (Fsp3) is 0.333. The number of amidine groups is 1. The molecule has 0 fully saturated rings. The summed E-state index contributed by atoms with van der Waals surface area (Å²) in [5.74, 6) is 0.696. The molecule has 2 rings (SSSR count). The molecule has 0 saturated heterocycles. The second-order valence-electron chi connectivity index (χ2n) is 3.78. The van der Waals surface area contributed by atoms with E-state index in [2.05, 4.69) is 33.2 Å². The van der Waals surface area contributed by atoms with E-state index >= 15 is 0 Å². The molecule has 0 saturated carbocycles. The number of hydrogen-bond donors (Lipinski definition) is 1. The summed E-state index contributed by atoms with van der Waals surface area (Å²) in [6, 6.07) is 7.57. The molecule has 1 aromatic carbocycles. The lowest BCUT2D eigenvalue weighted by molar-refractivity contribution is -0.120. The Morgan fingerprint density at radius 1 is 1.50 bits per heavy atom. The summed E-state index contributed by atoms with van der Waals surface area (Å²) in [6.07, 6.45) is 1.77. The van der Waals surface area contributed by atoms with Crippen LogP contribution in [0.1, 0.15) is 25.3 Å². The Kier molecular flexibility index (Phi) is 3.39. The summed E-state index contributed by atoms with van der Waals surface area (Å²) in [6.45, 7) is 2.06. The first-order valence-corrected chi connectivity index (χ1v) is 6.14. The molecule has 1 heterocycles. The van der Waals surface area contributed by atoms with Crippen molar-refractivity contribution >= 4 is 27.7 Å². The zero-order chi connectivity index (χ0) is 11.5. The third-order valence-electron chi connectivity index (χ3n) is 2.49. The molecule has 1 aromatic rings. The van der Waals surface area contributed by atoms with Gasteiger partial charge in [0.1, 0.15) is 11.9 Å². The number of benzene rings is 1. The van der Waals surface area contributed by atoms with Gasteiger partial charge in [0.15, 0.2) is 0 Å². The highest BCUT2D eigenvalue weighted by Crippen LogP contribution is 2.16. The Morgan fingerprint density at radius 2 is 2.31 bits per heavy atom. The van der Waals surface area contributed by atoms with Gasteiger partial charge >= 0.3 is 0 Å². The second-order valence-corrected chi connectivity index (χ2v) is 4.70. The van der Waals surface area contributed by atoms with Gasteiger partial charge in [-0.25, -0.2) is 0 Å². The third-order valence-corrected chi connectivity index (χ3v) is 2.98. The van der Waals surface area contributed by atoms with Crippen LogP contribution in [0.5, 0.6) is 0 Å². The molecule has 0 radical (unpaired) electrons. The summed E-state index contributed by atoms with van der Waals surface area (Å²) in [5.41, 5.74) is 0.946. The Balaban J connectivity index is 2.23. The molecule has 1 unspecified atom stereocenters. The molecular weight excluding hydrogens is 268 g/mol. The van der Waals surface area contributed by atoms with Crippen molar-refractivity contribution in [3.8, 4) is 0 Å². The minimum Gasteiger partial charge on any atom is -0.309 e. The average Bonchev–Trinajstić information content (AvgIpc) is 2.61. The predicted molar refractivity (Wildman–Crippen MR) is 67.5 cm³/mol. The van der Waals surface area contributed by atoms with Crippen molar-refractivity contribution < 1.29 is 4.79 Å². The number of carbonyl (C=O) groups is 1. The fourth-order valence-electron chi connectivity index (χ4n) is 1.70. The van der Waals surface area contributed by atoms with Gasteiger partial charge in [-0.3, -0.25) is 9.79 Å². The van der Waals surface area contributed by atoms with Crippen LogP contribution < -0.4 is 5.32 Å². The van der Waals surface area contributed by atoms with Crippen LogP contribution in [0, 0.1) is 0 Å². The Bertz CT molecular complexity index is 442. The molecule has 16 heavy (non-hydrogen) atoms. The maximum atomic E-state index is 11.6. The number of nitrogens with one attached hydrogen (secondary N) is 1. The van der Waals surface area contributed by atoms with Gasteiger partial charge < -0.3 is 5.32 Å². The first kappa shape index (κ1) is 11.3. The van der Waals surface area contributed by atoms with E-state index in [4.69, 9.17) is 0 Å². The molecule has 0 aliphatic carbocycles. The molecule has 0 spiro atoms. The van der Waals surface area contributed by atoms with Gasteiger partial charge in [0.25, 0.3) is 0 Å². The van der Waals surface area contributed by atoms with Crippen LogP contribution in [-0.2, 0) is 4.79 Å². The fourth-order valence-corrected chi connectivity index (χ4v) is 2.10. The van der Waals surface area contributed by atoms with Crippen LogP contribution >= 0.6 is 15.9 Å². The smallest absolute Gasteiger partial charge is 0.250 e. The van der Waals surface area contributed by atoms with Crippen molar-refractivity contribution in [3.05, 3.63) is 34.3 Å². The van der Waals surface area contributed by atoms with Gasteiger partial charge in [0.05, 0.1) is 0 Å². The zero-order valence-corrected chi connectivity index (χ0v) is 10.6. The maximum absolute atomic E-state index is 11.6. The van der Waals surface area contributed by atoms with Crippen LogP contribution in [0.4, 0.5) is 0 Å². The highest BCUT2D eigenvalue weighted by molar-refractivity contribution is 9.10. The molecule has 1 amide bonds. The number of amides is 1. The summed E-state index contributed by atoms with van der Waals surface area (Å²) in [4.78, 5) is 16.0. The predicted octanol–water partition coefficient (Wildman–Crippen LogP) is 2.49. The largest absolute Gasteiger partial charge is 0.309 e. The van der Waals surface area contributed by atoms with Gasteiger partial charge in [-0.15, -0.1) is 0 Å². The summed E-state index contributed by atoms with van der Waals surface area (Å²) >= 11 is 3.40. The molecule has 3 nitrogen and oxygen atoms in total. The Labute approximate surface area is 103 Å². The van der Waals surface area contributed by atoms with Gasteiger partial charge in [-0.05, 0) is 18.6 Å². The van der Waals surface area contributed by atoms with E-state index in [1.807, 2.05) is 24.3 Å². The maximum Gasteiger partial charge on any atom is 0.250 e. The number of rotatable bonds is 3. The van der Waals surface area contributed by atoms with E-state index in [0.29, 0.717) is 5.84 Å². The number of halogens is 1. The van der Waals surface area contributed by atoms with Crippen LogP contribution in [0.2, 0.25) is 0 Å². The second kappa shape index (κ2) is 4.78. The van der Waals surface area contributed by atoms with Gasteiger partial charge in [-0.2, -0.15) is 0 Å². The highest BCUT2D eigenvalue weighted by atomic mass is 79.9. The van der Waals surface area contributed by atoms with E-state index in [1.54, 1.807) is 0 Å². The van der Waals surface area contributed by atoms with Crippen molar-refractivity contribution in [2.24, 2.45) is 4.99 Å². The Hall–Kier alpha value is -1.16. The van der Waals surface area contributed by atoms with E-state index in [1.165, 1.54) is 0 Å². The quantitative estimate of drug-likeness (QED) is 0.908. The van der Waals surface area contributed by atoms with Crippen LogP contribution in [0.3, 0.4) is 0 Å². The first-order chi connectivity index (χ1) is 7.70. The lowest BCUT2D eigenvalue weighted by atomic mass is 10.2. The molecular formula is C12H13BrN2O. The van der Waals surface area contributed by atoms with Crippen LogP contribution in [0.15, 0.2) is 33.7 Å². The Morgan fingerprint density at radius 3 is 3.00 bits per heavy atom. The minimum absolute atomic E-state index is 0.0109. The molecule has 1 aliphatic rings. The van der Waals surface area contributed by atoms with E-state index in [9.17, 15) is 4.79 Å². The zero-order valence-electron chi connectivity index (χ0n) is 9.03. The van der Waals surface area contributed by atoms with Crippen molar-refractivity contribution in [2.75, 3.05) is 0 Å². The number of aliphatic imine (C=N–C) groups is 1. The van der Waals surface area contributed by atoms with E-state index < -0.39 is 0 Å². The van der Waals surface area contributed by atoms with Gasteiger partial charge in [0, 0.05) is 10.0 Å². The van der Waals surface area contributed by atoms with Gasteiger partial charge in [-0.1, -0.05) is 41.4 Å². The summed E-state index contributed by atoms with van der Waals surface area (Å²) in [7, 11) is 0. The van der Waals surface area contributed by atoms with E-state index in [-0.39, 0.29) is 11.9 Å². The summed E-state index contributed by atoms with van der Waals surface area (Å²) in [5, 5.41) is 2.82. The molecule has 84 valence electrons. The highest BCUT2D eigenvalue weighted by Gasteiger charge is 2.25. The standard InChI is InChI=1S/C12H13BrN2O/c1-2-4-10-12(16)15-11(14-10)8-5-3-6-9(13)7-8/h3,5-7,10H,2,4H2,1H3,(H,14,15,16). The molecule has 0 aromatic heterocycles. The van der Waals surface area contributed by atoms with Crippen LogP contribution in [0.25, 0.3) is 0 Å². The molecule has 1 N–H and O–H groups in total. The minimum atomic E-state index is -0.209. The van der Waals surface area contributed by atoms with E-state index in [0.717, 1.165) is 22.9 Å². The molecule has 1 aliphatic heterocycles. The average molecular weight is 281 g/mol. The third kappa shape index (κ3) is 2.32. The van der Waals surface area contributed by atoms with Crippen LogP contribution in [-0.4, -0.2) is 17.8 Å². The topological polar surface area (TPSA) is 41.5 Å². The monoisotopic (exact) mass is 280 g/mol. The van der Waals surface area contributed by atoms with Crippen molar-refractivity contribution in [1.29, 1.82) is 0 Å². The normalized spacial score (nSPS) is 19.5. The van der Waals surface area contributed by atoms with Gasteiger partial charge in [0.2, 0.25) is 5.91 Å². The molecule has 4 heteroatoms. The lowest BCUT2D eigenvalue weighted by Crippen LogP contribution is -2.29. The van der Waals surface area contributed by atoms with Crippen molar-refractivity contribution in [1.82, 2.24) is 5.32 Å². The SMILES string of the molecule is CCCC1N=C(c2cccc(Br)c2)NC1=O. The van der Waals surface area contributed by atoms with Crippen molar-refractivity contribution in [2.45, 2.75) is 25.8 Å².